The Labute approximate surface area is 130 Å². The summed E-state index contributed by atoms with van der Waals surface area (Å²) in [5.74, 6) is -1.40. The monoisotopic (exact) mass is 305 g/mol. The van der Waals surface area contributed by atoms with Gasteiger partial charge in [0.25, 0.3) is 0 Å². The predicted octanol–water partition coefficient (Wildman–Crippen LogP) is 2.67. The van der Waals surface area contributed by atoms with Crippen LogP contribution in [0.25, 0.3) is 0 Å². The standard InChI is InChI=1S/C17H23NO4/c1-12(13-6-3-2-4-7-13)18-14-8-5-9-15(14)22-17(21)11-10-16(19)20/h2-4,6-7,12,14-15,18H,5,8-11H2,1H3,(H,19,20). The number of aliphatic carboxylic acids is 1. The molecule has 0 bridgehead atoms. The molecule has 2 N–H and O–H groups in total. The van der Waals surface area contributed by atoms with E-state index in [2.05, 4.69) is 24.4 Å². The number of carboxylic acids is 1. The van der Waals surface area contributed by atoms with Gasteiger partial charge in [0.1, 0.15) is 6.10 Å². The van der Waals surface area contributed by atoms with Crippen molar-refractivity contribution in [2.75, 3.05) is 0 Å². The van der Waals surface area contributed by atoms with E-state index in [4.69, 9.17) is 9.84 Å². The van der Waals surface area contributed by atoms with E-state index in [1.807, 2.05) is 18.2 Å². The number of esters is 1. The van der Waals surface area contributed by atoms with Gasteiger partial charge in [0, 0.05) is 12.1 Å². The molecule has 22 heavy (non-hydrogen) atoms. The van der Waals surface area contributed by atoms with Crippen LogP contribution in [0.15, 0.2) is 30.3 Å². The third-order valence-corrected chi connectivity index (χ3v) is 4.04. The molecule has 1 fully saturated rings. The van der Waals surface area contributed by atoms with Crippen LogP contribution in [-0.2, 0) is 14.3 Å². The molecule has 1 aromatic rings. The highest BCUT2D eigenvalue weighted by Crippen LogP contribution is 2.25. The maximum Gasteiger partial charge on any atom is 0.306 e. The van der Waals surface area contributed by atoms with Gasteiger partial charge in [0.15, 0.2) is 0 Å². The van der Waals surface area contributed by atoms with Crippen LogP contribution in [0.3, 0.4) is 0 Å². The summed E-state index contributed by atoms with van der Waals surface area (Å²) in [4.78, 5) is 22.2. The van der Waals surface area contributed by atoms with Gasteiger partial charge in [-0.15, -0.1) is 0 Å². The molecule has 3 atom stereocenters. The molecule has 3 unspecified atom stereocenters. The number of carbonyl (C=O) groups excluding carboxylic acids is 1. The molecule has 120 valence electrons. The van der Waals surface area contributed by atoms with Crippen molar-refractivity contribution in [2.45, 2.75) is 57.2 Å². The average molecular weight is 305 g/mol. The van der Waals surface area contributed by atoms with Crippen molar-refractivity contribution in [3.05, 3.63) is 35.9 Å². The second-order valence-electron chi connectivity index (χ2n) is 5.76. The normalized spacial score (nSPS) is 22.2. The lowest BCUT2D eigenvalue weighted by Gasteiger charge is -2.25. The number of ether oxygens (including phenoxy) is 1. The Morgan fingerprint density at radius 3 is 2.68 bits per heavy atom. The van der Waals surface area contributed by atoms with Crippen LogP contribution in [0, 0.1) is 0 Å². The molecule has 2 rings (SSSR count). The minimum Gasteiger partial charge on any atom is -0.481 e. The van der Waals surface area contributed by atoms with E-state index in [-0.39, 0.29) is 31.0 Å². The van der Waals surface area contributed by atoms with Crippen LogP contribution in [0.4, 0.5) is 0 Å². The van der Waals surface area contributed by atoms with Crippen molar-refractivity contribution in [1.29, 1.82) is 0 Å². The van der Waals surface area contributed by atoms with Crippen molar-refractivity contribution in [3.63, 3.8) is 0 Å². The number of rotatable bonds is 7. The Bertz CT molecular complexity index is 503. The largest absolute Gasteiger partial charge is 0.481 e. The lowest BCUT2D eigenvalue weighted by molar-refractivity contribution is -0.152. The van der Waals surface area contributed by atoms with Crippen LogP contribution in [0.2, 0.25) is 0 Å². The highest BCUT2D eigenvalue weighted by atomic mass is 16.5. The van der Waals surface area contributed by atoms with Gasteiger partial charge in [-0.25, -0.2) is 0 Å². The van der Waals surface area contributed by atoms with Crippen LogP contribution < -0.4 is 5.32 Å². The molecule has 0 saturated heterocycles. The van der Waals surface area contributed by atoms with Crippen LogP contribution in [0.5, 0.6) is 0 Å². The smallest absolute Gasteiger partial charge is 0.306 e. The molecule has 0 aromatic heterocycles. The van der Waals surface area contributed by atoms with Gasteiger partial charge < -0.3 is 15.2 Å². The molecule has 1 aliphatic carbocycles. The van der Waals surface area contributed by atoms with Gasteiger partial charge in [0.2, 0.25) is 0 Å². The zero-order valence-corrected chi connectivity index (χ0v) is 12.8. The maximum absolute atomic E-state index is 11.7. The van der Waals surface area contributed by atoms with Crippen molar-refractivity contribution >= 4 is 11.9 Å². The van der Waals surface area contributed by atoms with E-state index in [0.29, 0.717) is 0 Å². The molecule has 5 nitrogen and oxygen atoms in total. The first-order valence-corrected chi connectivity index (χ1v) is 7.78. The third kappa shape index (κ3) is 4.84. The fourth-order valence-corrected chi connectivity index (χ4v) is 2.85. The fourth-order valence-electron chi connectivity index (χ4n) is 2.85. The summed E-state index contributed by atoms with van der Waals surface area (Å²) >= 11 is 0. The minimum atomic E-state index is -0.976. The van der Waals surface area contributed by atoms with E-state index >= 15 is 0 Å². The Morgan fingerprint density at radius 2 is 2.00 bits per heavy atom. The Kier molecular flexibility index (Phi) is 5.95. The van der Waals surface area contributed by atoms with Crippen molar-refractivity contribution in [2.24, 2.45) is 0 Å². The molecule has 0 heterocycles. The predicted molar refractivity (Wildman–Crippen MR) is 82.4 cm³/mol. The van der Waals surface area contributed by atoms with Crippen LogP contribution in [0.1, 0.15) is 50.6 Å². The lowest BCUT2D eigenvalue weighted by Crippen LogP contribution is -2.39. The summed E-state index contributed by atoms with van der Waals surface area (Å²) in [6.45, 7) is 2.09. The number of benzene rings is 1. The van der Waals surface area contributed by atoms with Gasteiger partial charge in [-0.3, -0.25) is 9.59 Å². The van der Waals surface area contributed by atoms with Gasteiger partial charge in [-0.05, 0) is 31.7 Å². The summed E-state index contributed by atoms with van der Waals surface area (Å²) in [6.07, 6.45) is 2.41. The molecular formula is C17H23NO4. The summed E-state index contributed by atoms with van der Waals surface area (Å²) in [6, 6.07) is 10.4. The van der Waals surface area contributed by atoms with Crippen molar-refractivity contribution in [3.8, 4) is 0 Å². The van der Waals surface area contributed by atoms with E-state index in [1.54, 1.807) is 0 Å². The number of carbonyl (C=O) groups is 2. The lowest BCUT2D eigenvalue weighted by atomic mass is 10.1. The van der Waals surface area contributed by atoms with Crippen LogP contribution >= 0.6 is 0 Å². The first-order valence-electron chi connectivity index (χ1n) is 7.78. The number of nitrogens with one attached hydrogen (secondary N) is 1. The van der Waals surface area contributed by atoms with Crippen molar-refractivity contribution < 1.29 is 19.4 Å². The van der Waals surface area contributed by atoms with Gasteiger partial charge >= 0.3 is 11.9 Å². The Balaban J connectivity index is 1.85. The first-order chi connectivity index (χ1) is 10.6. The van der Waals surface area contributed by atoms with E-state index in [9.17, 15) is 9.59 Å². The van der Waals surface area contributed by atoms with E-state index in [0.717, 1.165) is 19.3 Å². The molecule has 1 aliphatic rings. The average Bonchev–Trinajstić information content (AvgIpc) is 2.93. The number of hydrogen-bond acceptors (Lipinski definition) is 4. The molecule has 0 spiro atoms. The maximum atomic E-state index is 11.7. The van der Waals surface area contributed by atoms with Crippen molar-refractivity contribution in [1.82, 2.24) is 5.32 Å². The second-order valence-corrected chi connectivity index (χ2v) is 5.76. The molecule has 5 heteroatoms. The molecular weight excluding hydrogens is 282 g/mol. The minimum absolute atomic E-state index is 0.0627. The summed E-state index contributed by atoms with van der Waals surface area (Å²) in [5, 5.41) is 12.1. The van der Waals surface area contributed by atoms with Gasteiger partial charge in [-0.1, -0.05) is 30.3 Å². The summed E-state index contributed by atoms with van der Waals surface area (Å²) in [5.41, 5.74) is 1.20. The Morgan fingerprint density at radius 1 is 1.27 bits per heavy atom. The highest BCUT2D eigenvalue weighted by Gasteiger charge is 2.31. The second kappa shape index (κ2) is 7.94. The molecule has 0 radical (unpaired) electrons. The molecule has 1 aromatic carbocycles. The highest BCUT2D eigenvalue weighted by molar-refractivity contribution is 5.76. The topological polar surface area (TPSA) is 75.6 Å². The zero-order chi connectivity index (χ0) is 15.9. The quantitative estimate of drug-likeness (QED) is 0.757. The summed E-state index contributed by atoms with van der Waals surface area (Å²) in [7, 11) is 0. The number of carboxylic acid groups (broad SMARTS) is 1. The van der Waals surface area contributed by atoms with Gasteiger partial charge in [-0.2, -0.15) is 0 Å². The fraction of sp³-hybridized carbons (Fsp3) is 0.529. The van der Waals surface area contributed by atoms with E-state index in [1.165, 1.54) is 5.56 Å². The summed E-state index contributed by atoms with van der Waals surface area (Å²) < 4.78 is 5.45. The molecule has 1 saturated carbocycles. The SMILES string of the molecule is CC(NC1CCCC1OC(=O)CCC(=O)O)c1ccccc1. The Hall–Kier alpha value is -1.88. The third-order valence-electron chi connectivity index (χ3n) is 4.04. The van der Waals surface area contributed by atoms with Crippen LogP contribution in [-0.4, -0.2) is 29.2 Å². The zero-order valence-electron chi connectivity index (χ0n) is 12.8. The first kappa shape index (κ1) is 16.5. The molecule has 0 aliphatic heterocycles. The van der Waals surface area contributed by atoms with E-state index < -0.39 is 11.9 Å². The van der Waals surface area contributed by atoms with Gasteiger partial charge in [0.05, 0.1) is 12.8 Å². The molecule has 0 amide bonds. The number of hydrogen-bond donors (Lipinski definition) is 2.